The van der Waals surface area contributed by atoms with Crippen molar-refractivity contribution in [2.75, 3.05) is 27.2 Å². The first kappa shape index (κ1) is 23.7. The summed E-state index contributed by atoms with van der Waals surface area (Å²) in [7, 11) is 4.33. The van der Waals surface area contributed by atoms with Gasteiger partial charge in [-0.15, -0.1) is 11.3 Å². The molecule has 0 saturated carbocycles. The van der Waals surface area contributed by atoms with Crippen LogP contribution in [0, 0.1) is 20.8 Å². The summed E-state index contributed by atoms with van der Waals surface area (Å²) in [6, 6.07) is 2.95. The number of nitrogens with zero attached hydrogens (tertiary/aromatic N) is 2. The monoisotopic (exact) mass is 444 g/mol. The van der Waals surface area contributed by atoms with Gasteiger partial charge in [-0.1, -0.05) is 6.92 Å². The molecule has 0 aliphatic carbocycles. The number of hydrogen-bond donors (Lipinski definition) is 2. The molecule has 31 heavy (non-hydrogen) atoms. The first-order chi connectivity index (χ1) is 14.7. The van der Waals surface area contributed by atoms with Gasteiger partial charge in [0.1, 0.15) is 0 Å². The lowest BCUT2D eigenvalue weighted by Gasteiger charge is -2.39. The summed E-state index contributed by atoms with van der Waals surface area (Å²) in [5.41, 5.74) is 4.00. The predicted molar refractivity (Wildman–Crippen MR) is 128 cm³/mol. The molecule has 7 heteroatoms. The second kappa shape index (κ2) is 10.1. The minimum Gasteiger partial charge on any atom is -0.348 e. The topological polar surface area (TPSA) is 68.4 Å². The molecule has 2 aromatic heterocycles. The molecule has 6 nitrogen and oxygen atoms in total. The number of piperidine rings is 1. The van der Waals surface area contributed by atoms with Crippen LogP contribution in [0.5, 0.6) is 0 Å². The van der Waals surface area contributed by atoms with Crippen molar-refractivity contribution in [1.29, 1.82) is 0 Å². The summed E-state index contributed by atoms with van der Waals surface area (Å²) in [5.74, 6) is -0.111. The summed E-state index contributed by atoms with van der Waals surface area (Å²) in [5, 5.41) is 4.93. The average Bonchev–Trinajstić information content (AvgIpc) is 3.09. The zero-order valence-corrected chi connectivity index (χ0v) is 20.5. The lowest BCUT2D eigenvalue weighted by molar-refractivity contribution is 0.0949. The number of aryl methyl sites for hydroxylation is 2. The Morgan fingerprint density at radius 1 is 1.29 bits per heavy atom. The van der Waals surface area contributed by atoms with Crippen molar-refractivity contribution in [3.05, 3.63) is 54.6 Å². The SMILES string of the molecule is CC[C@@H](c1scc(C(=O)NCc2c(C)cc(C)[nH]c2=O)c1C)N1CCC(N(C)C)CC1. The van der Waals surface area contributed by atoms with E-state index < -0.39 is 0 Å². The number of H-pyrrole nitrogens is 1. The second-order valence-corrected chi connectivity index (χ2v) is 9.83. The van der Waals surface area contributed by atoms with Crippen LogP contribution in [0.25, 0.3) is 0 Å². The fourth-order valence-electron chi connectivity index (χ4n) is 4.67. The van der Waals surface area contributed by atoms with Crippen LogP contribution in [-0.2, 0) is 6.54 Å². The Balaban J connectivity index is 1.70. The molecular weight excluding hydrogens is 408 g/mol. The quantitative estimate of drug-likeness (QED) is 0.682. The normalized spacial score (nSPS) is 16.6. The van der Waals surface area contributed by atoms with Gasteiger partial charge in [0.25, 0.3) is 11.5 Å². The molecule has 1 amide bonds. The Morgan fingerprint density at radius 3 is 2.55 bits per heavy atom. The molecule has 2 aromatic rings. The van der Waals surface area contributed by atoms with Crippen LogP contribution in [0.1, 0.15) is 69.8 Å². The molecule has 0 unspecified atom stereocenters. The van der Waals surface area contributed by atoms with Crippen molar-refractivity contribution in [3.63, 3.8) is 0 Å². The van der Waals surface area contributed by atoms with Crippen molar-refractivity contribution < 1.29 is 4.79 Å². The summed E-state index contributed by atoms with van der Waals surface area (Å²) >= 11 is 1.69. The number of nitrogens with one attached hydrogen (secondary N) is 2. The Bertz CT molecular complexity index is 970. The first-order valence-electron chi connectivity index (χ1n) is 11.2. The Hall–Kier alpha value is -1.96. The van der Waals surface area contributed by atoms with Crippen molar-refractivity contribution in [2.45, 2.75) is 65.6 Å². The summed E-state index contributed by atoms with van der Waals surface area (Å²) < 4.78 is 0. The van der Waals surface area contributed by atoms with E-state index in [9.17, 15) is 9.59 Å². The number of amides is 1. The van der Waals surface area contributed by atoms with Gasteiger partial charge in [-0.3, -0.25) is 14.5 Å². The molecule has 0 bridgehead atoms. The molecule has 2 N–H and O–H groups in total. The highest BCUT2D eigenvalue weighted by atomic mass is 32.1. The molecule has 1 aliphatic heterocycles. The van der Waals surface area contributed by atoms with Gasteiger partial charge in [-0.2, -0.15) is 0 Å². The third-order valence-electron chi connectivity index (χ3n) is 6.60. The Kier molecular flexibility index (Phi) is 7.73. The highest BCUT2D eigenvalue weighted by molar-refractivity contribution is 7.10. The minimum atomic E-state index is -0.132. The Labute approximate surface area is 189 Å². The van der Waals surface area contributed by atoms with E-state index in [-0.39, 0.29) is 18.0 Å². The number of rotatable bonds is 7. The van der Waals surface area contributed by atoms with Crippen LogP contribution in [0.4, 0.5) is 0 Å². The van der Waals surface area contributed by atoms with E-state index in [1.54, 1.807) is 11.3 Å². The summed E-state index contributed by atoms with van der Waals surface area (Å²) in [6.07, 6.45) is 3.41. The molecule has 0 spiro atoms. The van der Waals surface area contributed by atoms with Gasteiger partial charge in [-0.25, -0.2) is 0 Å². The van der Waals surface area contributed by atoms with E-state index in [1.165, 1.54) is 17.7 Å². The minimum absolute atomic E-state index is 0.111. The number of carbonyl (C=O) groups is 1. The van der Waals surface area contributed by atoms with Gasteiger partial charge in [0.15, 0.2) is 0 Å². The molecule has 3 rings (SSSR count). The number of hydrogen-bond acceptors (Lipinski definition) is 5. The van der Waals surface area contributed by atoms with Gasteiger partial charge in [-0.05, 0) is 71.3 Å². The van der Waals surface area contributed by atoms with E-state index in [4.69, 9.17) is 0 Å². The highest BCUT2D eigenvalue weighted by Crippen LogP contribution is 2.35. The van der Waals surface area contributed by atoms with E-state index >= 15 is 0 Å². The third-order valence-corrected chi connectivity index (χ3v) is 7.79. The number of carbonyl (C=O) groups excluding carboxylic acids is 1. The highest BCUT2D eigenvalue weighted by Gasteiger charge is 2.29. The van der Waals surface area contributed by atoms with Crippen molar-refractivity contribution in [2.24, 2.45) is 0 Å². The largest absolute Gasteiger partial charge is 0.348 e. The van der Waals surface area contributed by atoms with E-state index in [0.717, 1.165) is 41.9 Å². The van der Waals surface area contributed by atoms with Gasteiger partial charge in [0.2, 0.25) is 0 Å². The molecular formula is C24H36N4O2S. The van der Waals surface area contributed by atoms with E-state index in [1.807, 2.05) is 25.3 Å². The fourth-order valence-corrected chi connectivity index (χ4v) is 5.96. The van der Waals surface area contributed by atoms with E-state index in [0.29, 0.717) is 17.6 Å². The Morgan fingerprint density at radius 2 is 1.97 bits per heavy atom. The summed E-state index contributed by atoms with van der Waals surface area (Å²) in [6.45, 7) is 10.5. The maximum atomic E-state index is 12.9. The molecule has 0 aromatic carbocycles. The van der Waals surface area contributed by atoms with E-state index in [2.05, 4.69) is 48.0 Å². The molecule has 1 fully saturated rings. The van der Waals surface area contributed by atoms with Gasteiger partial charge >= 0.3 is 0 Å². The van der Waals surface area contributed by atoms with Crippen LogP contribution in [0.3, 0.4) is 0 Å². The molecule has 1 atom stereocenters. The van der Waals surface area contributed by atoms with Gasteiger partial charge in [0.05, 0.1) is 5.56 Å². The molecule has 1 saturated heterocycles. The average molecular weight is 445 g/mol. The lowest BCUT2D eigenvalue weighted by Crippen LogP contribution is -2.43. The number of likely N-dealkylation sites (tertiary alicyclic amines) is 1. The standard InChI is InChI=1S/C24H36N4O2S/c1-7-21(28-10-8-18(9-11-28)27(5)6)22-17(4)20(14-31-22)23(29)25-13-19-15(2)12-16(3)26-24(19)30/h12,14,18,21H,7-11,13H2,1-6H3,(H,25,29)(H,26,30)/t21-/m0/s1. The molecule has 0 radical (unpaired) electrons. The molecule has 170 valence electrons. The second-order valence-electron chi connectivity index (χ2n) is 8.92. The van der Waals surface area contributed by atoms with Crippen LogP contribution in [0.15, 0.2) is 16.2 Å². The number of pyridine rings is 1. The van der Waals surface area contributed by atoms with Crippen LogP contribution < -0.4 is 10.9 Å². The first-order valence-corrected chi connectivity index (χ1v) is 12.1. The van der Waals surface area contributed by atoms with Gasteiger partial charge in [0, 0.05) is 53.2 Å². The van der Waals surface area contributed by atoms with Gasteiger partial charge < -0.3 is 15.2 Å². The third kappa shape index (κ3) is 5.27. The van der Waals surface area contributed by atoms with Crippen LogP contribution >= 0.6 is 11.3 Å². The van der Waals surface area contributed by atoms with Crippen molar-refractivity contribution in [3.8, 4) is 0 Å². The zero-order valence-electron chi connectivity index (χ0n) is 19.7. The maximum Gasteiger partial charge on any atom is 0.253 e. The zero-order chi connectivity index (χ0) is 22.7. The molecule has 3 heterocycles. The maximum absolute atomic E-state index is 12.9. The fraction of sp³-hybridized carbons (Fsp3) is 0.583. The number of aromatic amines is 1. The predicted octanol–water partition coefficient (Wildman–Crippen LogP) is 3.77. The summed E-state index contributed by atoms with van der Waals surface area (Å²) in [4.78, 5) is 34.2. The van der Waals surface area contributed by atoms with Crippen molar-refractivity contribution in [1.82, 2.24) is 20.1 Å². The lowest BCUT2D eigenvalue weighted by atomic mass is 9.98. The van der Waals surface area contributed by atoms with Crippen LogP contribution in [-0.4, -0.2) is 53.9 Å². The van der Waals surface area contributed by atoms with Crippen LogP contribution in [0.2, 0.25) is 0 Å². The molecule has 1 aliphatic rings. The number of aromatic nitrogens is 1. The van der Waals surface area contributed by atoms with Crippen molar-refractivity contribution >= 4 is 17.2 Å². The smallest absolute Gasteiger partial charge is 0.253 e. The number of thiophene rings is 1.